The van der Waals surface area contributed by atoms with E-state index in [0.717, 1.165) is 34.4 Å². The van der Waals surface area contributed by atoms with Gasteiger partial charge in [0.25, 0.3) is 5.91 Å². The Morgan fingerprint density at radius 1 is 1.15 bits per heavy atom. The lowest BCUT2D eigenvalue weighted by Crippen LogP contribution is -2.48. The number of likely N-dealkylation sites (tertiary alicyclic amines) is 1. The summed E-state index contributed by atoms with van der Waals surface area (Å²) in [5.74, 6) is -0.00506. The third-order valence-electron chi connectivity index (χ3n) is 6.00. The van der Waals surface area contributed by atoms with Gasteiger partial charge in [0, 0.05) is 11.9 Å². The van der Waals surface area contributed by atoms with E-state index in [1.54, 1.807) is 17.0 Å². The fourth-order valence-corrected chi connectivity index (χ4v) is 5.34. The Hall–Kier alpha value is -3.32. The monoisotopic (exact) mass is 462 g/mol. The molecule has 168 valence electrons. The number of amides is 1. The molecule has 0 N–H and O–H groups in total. The van der Waals surface area contributed by atoms with Crippen LogP contribution in [-0.4, -0.2) is 34.2 Å². The number of piperidine rings is 1. The maximum Gasteiger partial charge on any atom is 0.274 e. The maximum atomic E-state index is 13.6. The number of carbonyl (C=O) groups is 2. The number of thiazole rings is 1. The molecule has 1 saturated heterocycles. The average molecular weight is 463 g/mol. The van der Waals surface area contributed by atoms with Crippen molar-refractivity contribution in [1.29, 1.82) is 0 Å². The second-order valence-electron chi connectivity index (χ2n) is 8.32. The van der Waals surface area contributed by atoms with Crippen LogP contribution in [0.1, 0.15) is 40.5 Å². The summed E-state index contributed by atoms with van der Waals surface area (Å²) >= 11 is 1.40. The van der Waals surface area contributed by atoms with Crippen molar-refractivity contribution in [2.75, 3.05) is 6.54 Å². The highest BCUT2D eigenvalue weighted by atomic mass is 32.1. The smallest absolute Gasteiger partial charge is 0.274 e. The summed E-state index contributed by atoms with van der Waals surface area (Å²) in [6.07, 6.45) is 2.50. The number of ketones is 1. The number of hydrogen-bond acceptors (Lipinski definition) is 5. The first-order valence-electron chi connectivity index (χ1n) is 11.0. The third kappa shape index (κ3) is 4.33. The van der Waals surface area contributed by atoms with Crippen LogP contribution in [0.25, 0.3) is 21.4 Å². The standard InChI is InChI=1S/C26H23FN2O3S/c1-16-28-24(25(33-16)17-9-11-19(27)12-10-17)26(31)29-13-5-4-7-21(29)22(30)15-20-14-18-6-2-3-8-23(18)32-20/h2-3,6,8-12,14,21H,4-5,7,13,15H2,1H3/t21-/m1/s1. The molecular formula is C26H23FN2O3S. The first-order valence-corrected chi connectivity index (χ1v) is 11.9. The van der Waals surface area contributed by atoms with Gasteiger partial charge < -0.3 is 9.32 Å². The summed E-state index contributed by atoms with van der Waals surface area (Å²) in [7, 11) is 0. The van der Waals surface area contributed by atoms with E-state index in [2.05, 4.69) is 4.98 Å². The van der Waals surface area contributed by atoms with Crippen LogP contribution in [-0.2, 0) is 11.2 Å². The molecule has 1 fully saturated rings. The third-order valence-corrected chi connectivity index (χ3v) is 7.02. The number of para-hydroxylation sites is 1. The van der Waals surface area contributed by atoms with Crippen molar-refractivity contribution >= 4 is 34.0 Å². The molecule has 0 spiro atoms. The summed E-state index contributed by atoms with van der Waals surface area (Å²) in [5.41, 5.74) is 1.82. The van der Waals surface area contributed by atoms with Gasteiger partial charge in [-0.05, 0) is 56.0 Å². The summed E-state index contributed by atoms with van der Waals surface area (Å²) in [6.45, 7) is 2.35. The Balaban J connectivity index is 1.41. The number of aryl methyl sites for hydroxylation is 1. The minimum Gasteiger partial charge on any atom is -0.461 e. The molecule has 0 aliphatic carbocycles. The molecule has 4 aromatic rings. The highest BCUT2D eigenvalue weighted by Crippen LogP contribution is 2.33. The molecule has 3 heterocycles. The largest absolute Gasteiger partial charge is 0.461 e. The molecule has 0 bridgehead atoms. The number of furan rings is 1. The second-order valence-corrected chi connectivity index (χ2v) is 9.52. The molecule has 1 atom stereocenters. The number of aromatic nitrogens is 1. The lowest BCUT2D eigenvalue weighted by atomic mass is 9.95. The Bertz CT molecular complexity index is 1290. The van der Waals surface area contributed by atoms with Gasteiger partial charge in [-0.2, -0.15) is 0 Å². The Morgan fingerprint density at radius 3 is 2.73 bits per heavy atom. The molecule has 2 aromatic carbocycles. The predicted octanol–water partition coefficient (Wildman–Crippen LogP) is 5.81. The second kappa shape index (κ2) is 8.90. The SMILES string of the molecule is Cc1nc(C(=O)N2CCCC[C@@H]2C(=O)Cc2cc3ccccc3o2)c(-c2ccc(F)cc2)s1. The lowest BCUT2D eigenvalue weighted by Gasteiger charge is -2.34. The maximum absolute atomic E-state index is 13.6. The number of nitrogens with zero attached hydrogens (tertiary/aromatic N) is 2. The molecule has 0 saturated carbocycles. The van der Waals surface area contributed by atoms with Gasteiger partial charge in [0.1, 0.15) is 22.9 Å². The van der Waals surface area contributed by atoms with Gasteiger partial charge in [0.15, 0.2) is 5.78 Å². The van der Waals surface area contributed by atoms with Crippen molar-refractivity contribution < 1.29 is 18.4 Å². The van der Waals surface area contributed by atoms with Crippen molar-refractivity contribution in [3.63, 3.8) is 0 Å². The van der Waals surface area contributed by atoms with Crippen molar-refractivity contribution in [3.8, 4) is 10.4 Å². The fraction of sp³-hybridized carbons (Fsp3) is 0.269. The van der Waals surface area contributed by atoms with E-state index in [1.165, 1.54) is 23.5 Å². The average Bonchev–Trinajstić information content (AvgIpc) is 3.41. The number of fused-ring (bicyclic) bond motifs is 1. The Morgan fingerprint density at radius 2 is 1.94 bits per heavy atom. The number of carbonyl (C=O) groups excluding carboxylic acids is 2. The van der Waals surface area contributed by atoms with Crippen LogP contribution >= 0.6 is 11.3 Å². The number of benzene rings is 2. The van der Waals surface area contributed by atoms with E-state index in [-0.39, 0.29) is 23.9 Å². The number of halogens is 1. The normalized spacial score (nSPS) is 16.3. The molecule has 1 aliphatic heterocycles. The van der Waals surface area contributed by atoms with E-state index in [0.29, 0.717) is 29.3 Å². The predicted molar refractivity (Wildman–Crippen MR) is 126 cm³/mol. The highest BCUT2D eigenvalue weighted by Gasteiger charge is 2.35. The van der Waals surface area contributed by atoms with Crippen molar-refractivity contribution in [2.24, 2.45) is 0 Å². The van der Waals surface area contributed by atoms with Gasteiger partial charge in [0.05, 0.1) is 22.3 Å². The summed E-state index contributed by atoms with van der Waals surface area (Å²) < 4.78 is 19.2. The Labute approximate surface area is 194 Å². The number of rotatable bonds is 5. The van der Waals surface area contributed by atoms with E-state index in [1.807, 2.05) is 37.3 Å². The van der Waals surface area contributed by atoms with Crippen LogP contribution < -0.4 is 0 Å². The molecule has 33 heavy (non-hydrogen) atoms. The molecule has 0 unspecified atom stereocenters. The summed E-state index contributed by atoms with van der Waals surface area (Å²) in [4.78, 5) is 33.7. The number of hydrogen-bond donors (Lipinski definition) is 0. The van der Waals surface area contributed by atoms with Gasteiger partial charge in [-0.25, -0.2) is 9.37 Å². The van der Waals surface area contributed by atoms with Crippen molar-refractivity contribution in [1.82, 2.24) is 9.88 Å². The first kappa shape index (κ1) is 21.5. The summed E-state index contributed by atoms with van der Waals surface area (Å²) in [6, 6.07) is 15.1. The molecule has 2 aromatic heterocycles. The first-order chi connectivity index (χ1) is 16.0. The zero-order valence-electron chi connectivity index (χ0n) is 18.2. The molecule has 1 amide bonds. The molecule has 5 rings (SSSR count). The van der Waals surface area contributed by atoms with E-state index in [9.17, 15) is 14.0 Å². The van der Waals surface area contributed by atoms with Gasteiger partial charge >= 0.3 is 0 Å². The summed E-state index contributed by atoms with van der Waals surface area (Å²) in [5, 5.41) is 1.71. The molecule has 7 heteroatoms. The van der Waals surface area contributed by atoms with Crippen LogP contribution in [0.4, 0.5) is 4.39 Å². The van der Waals surface area contributed by atoms with Crippen molar-refractivity contribution in [2.45, 2.75) is 38.6 Å². The minimum atomic E-state index is -0.512. The highest BCUT2D eigenvalue weighted by molar-refractivity contribution is 7.15. The van der Waals surface area contributed by atoms with Gasteiger partial charge in [-0.3, -0.25) is 9.59 Å². The quantitative estimate of drug-likeness (QED) is 0.375. The van der Waals surface area contributed by atoms with Crippen LogP contribution in [0.5, 0.6) is 0 Å². The number of Topliss-reactive ketones (excluding diaryl/α,β-unsaturated/α-hetero) is 1. The van der Waals surface area contributed by atoms with Gasteiger partial charge in [0.2, 0.25) is 0 Å². The minimum absolute atomic E-state index is 0.0302. The Kier molecular flexibility index (Phi) is 5.81. The van der Waals surface area contributed by atoms with Gasteiger partial charge in [-0.15, -0.1) is 11.3 Å². The zero-order valence-corrected chi connectivity index (χ0v) is 19.0. The molecule has 1 aliphatic rings. The van der Waals surface area contributed by atoms with Crippen LogP contribution in [0.3, 0.4) is 0 Å². The van der Waals surface area contributed by atoms with Gasteiger partial charge in [-0.1, -0.05) is 30.3 Å². The fourth-order valence-electron chi connectivity index (χ4n) is 4.43. The van der Waals surface area contributed by atoms with Crippen LogP contribution in [0.15, 0.2) is 59.0 Å². The van der Waals surface area contributed by atoms with E-state index in [4.69, 9.17) is 4.42 Å². The zero-order chi connectivity index (χ0) is 22.9. The topological polar surface area (TPSA) is 63.4 Å². The molecular weight excluding hydrogens is 439 g/mol. The van der Waals surface area contributed by atoms with Crippen LogP contribution in [0.2, 0.25) is 0 Å². The molecule has 5 nitrogen and oxygen atoms in total. The van der Waals surface area contributed by atoms with E-state index < -0.39 is 6.04 Å². The van der Waals surface area contributed by atoms with Crippen molar-refractivity contribution in [3.05, 3.63) is 76.9 Å². The van der Waals surface area contributed by atoms with E-state index >= 15 is 0 Å². The van der Waals surface area contributed by atoms with Crippen LogP contribution in [0, 0.1) is 12.7 Å². The lowest BCUT2D eigenvalue weighted by molar-refractivity contribution is -0.124. The molecule has 0 radical (unpaired) electrons.